The van der Waals surface area contributed by atoms with Gasteiger partial charge in [-0.25, -0.2) is 0 Å². The van der Waals surface area contributed by atoms with Crippen LogP contribution in [0.1, 0.15) is 44.9 Å². The maximum Gasteiger partial charge on any atom is 0.223 e. The van der Waals surface area contributed by atoms with E-state index >= 15 is 0 Å². The van der Waals surface area contributed by atoms with Gasteiger partial charge in [-0.05, 0) is 25.7 Å². The van der Waals surface area contributed by atoms with Crippen LogP contribution in [-0.2, 0) is 4.79 Å². The van der Waals surface area contributed by atoms with Crippen LogP contribution in [0.25, 0.3) is 0 Å². The first-order chi connectivity index (χ1) is 6.77. The van der Waals surface area contributed by atoms with Gasteiger partial charge >= 0.3 is 0 Å². The first-order valence-electron chi connectivity index (χ1n) is 5.83. The maximum absolute atomic E-state index is 11.6. The van der Waals surface area contributed by atoms with Gasteiger partial charge in [0.1, 0.15) is 0 Å². The van der Waals surface area contributed by atoms with Crippen LogP contribution in [0.5, 0.6) is 0 Å². The van der Waals surface area contributed by atoms with E-state index in [1.807, 2.05) is 0 Å². The summed E-state index contributed by atoms with van der Waals surface area (Å²) >= 11 is 0. The number of carbonyl (C=O) groups excluding carboxylic acids is 1. The molecule has 0 saturated heterocycles. The van der Waals surface area contributed by atoms with E-state index in [4.69, 9.17) is 5.73 Å². The number of nitrogens with two attached hydrogens (primary N) is 1. The molecule has 0 aromatic carbocycles. The molecule has 0 radical (unpaired) electrons. The van der Waals surface area contributed by atoms with Gasteiger partial charge < -0.3 is 11.1 Å². The predicted molar refractivity (Wildman–Crippen MR) is 55.7 cm³/mol. The molecule has 0 aliphatic heterocycles. The Hall–Kier alpha value is -0.570. The molecule has 2 fully saturated rings. The number of amides is 1. The molecule has 0 aromatic heterocycles. The topological polar surface area (TPSA) is 55.1 Å². The highest BCUT2D eigenvalue weighted by Crippen LogP contribution is 2.29. The molecule has 3 nitrogen and oxygen atoms in total. The summed E-state index contributed by atoms with van der Waals surface area (Å²) in [6.07, 6.45) is 7.99. The summed E-state index contributed by atoms with van der Waals surface area (Å²) in [6.45, 7) is 0. The Morgan fingerprint density at radius 2 is 1.79 bits per heavy atom. The summed E-state index contributed by atoms with van der Waals surface area (Å²) in [7, 11) is 0. The SMILES string of the molecule is NC1CCCCCC1NC(=O)C1CC1. The van der Waals surface area contributed by atoms with E-state index in [2.05, 4.69) is 5.32 Å². The van der Waals surface area contributed by atoms with Crippen LogP contribution in [0, 0.1) is 5.92 Å². The lowest BCUT2D eigenvalue weighted by Crippen LogP contribution is -2.47. The molecule has 3 heteroatoms. The summed E-state index contributed by atoms with van der Waals surface area (Å²) in [4.78, 5) is 11.6. The Morgan fingerprint density at radius 1 is 1.07 bits per heavy atom. The van der Waals surface area contributed by atoms with Crippen molar-refractivity contribution in [1.29, 1.82) is 0 Å². The molecular formula is C11H20N2O. The molecule has 0 spiro atoms. The van der Waals surface area contributed by atoms with Crippen LogP contribution in [0.4, 0.5) is 0 Å². The van der Waals surface area contributed by atoms with Crippen molar-refractivity contribution < 1.29 is 4.79 Å². The lowest BCUT2D eigenvalue weighted by atomic mass is 10.0. The fraction of sp³-hybridized carbons (Fsp3) is 0.909. The summed E-state index contributed by atoms with van der Waals surface area (Å²) in [5.41, 5.74) is 6.03. The molecular weight excluding hydrogens is 176 g/mol. The molecule has 2 aliphatic carbocycles. The first-order valence-corrected chi connectivity index (χ1v) is 5.83. The van der Waals surface area contributed by atoms with Gasteiger partial charge in [0, 0.05) is 18.0 Å². The standard InChI is InChI=1S/C11H20N2O/c12-9-4-2-1-3-5-10(9)13-11(14)8-6-7-8/h8-10H,1-7,12H2,(H,13,14). The Morgan fingerprint density at radius 3 is 2.50 bits per heavy atom. The van der Waals surface area contributed by atoms with E-state index in [0.29, 0.717) is 5.92 Å². The highest BCUT2D eigenvalue weighted by molar-refractivity contribution is 5.81. The highest BCUT2D eigenvalue weighted by atomic mass is 16.2. The average Bonchev–Trinajstić information content (AvgIpc) is 2.95. The van der Waals surface area contributed by atoms with Gasteiger partial charge in [0.2, 0.25) is 5.91 Å². The van der Waals surface area contributed by atoms with Crippen LogP contribution in [0.2, 0.25) is 0 Å². The van der Waals surface area contributed by atoms with Crippen LogP contribution in [-0.4, -0.2) is 18.0 Å². The lowest BCUT2D eigenvalue weighted by molar-refractivity contribution is -0.123. The van der Waals surface area contributed by atoms with Gasteiger partial charge in [-0.1, -0.05) is 19.3 Å². The molecule has 2 atom stereocenters. The second kappa shape index (κ2) is 4.30. The van der Waals surface area contributed by atoms with Gasteiger partial charge in [0.15, 0.2) is 0 Å². The molecule has 0 heterocycles. The monoisotopic (exact) mass is 196 g/mol. The summed E-state index contributed by atoms with van der Waals surface area (Å²) in [5.74, 6) is 0.554. The van der Waals surface area contributed by atoms with Crippen molar-refractivity contribution in [3.8, 4) is 0 Å². The lowest BCUT2D eigenvalue weighted by Gasteiger charge is -2.22. The van der Waals surface area contributed by atoms with Gasteiger partial charge in [-0.15, -0.1) is 0 Å². The molecule has 2 unspecified atom stereocenters. The molecule has 80 valence electrons. The Labute approximate surface area is 85.4 Å². The van der Waals surface area contributed by atoms with Crippen LogP contribution in [0.15, 0.2) is 0 Å². The van der Waals surface area contributed by atoms with Gasteiger partial charge in [0.25, 0.3) is 0 Å². The predicted octanol–water partition coefficient (Wildman–Crippen LogP) is 1.17. The van der Waals surface area contributed by atoms with Crippen LogP contribution < -0.4 is 11.1 Å². The zero-order valence-electron chi connectivity index (χ0n) is 8.67. The minimum Gasteiger partial charge on any atom is -0.352 e. The molecule has 0 aromatic rings. The summed E-state index contributed by atoms with van der Waals surface area (Å²) < 4.78 is 0. The van der Waals surface area contributed by atoms with Crippen LogP contribution in [0.3, 0.4) is 0 Å². The van der Waals surface area contributed by atoms with E-state index in [1.165, 1.54) is 19.3 Å². The van der Waals surface area contributed by atoms with Gasteiger partial charge in [-0.2, -0.15) is 0 Å². The number of carbonyl (C=O) groups is 1. The first kappa shape index (κ1) is 9.97. The van der Waals surface area contributed by atoms with Gasteiger partial charge in [-0.3, -0.25) is 4.79 Å². The second-order valence-corrected chi connectivity index (χ2v) is 4.69. The number of hydrogen-bond acceptors (Lipinski definition) is 2. The van der Waals surface area contributed by atoms with Crippen molar-refractivity contribution in [3.63, 3.8) is 0 Å². The molecule has 2 saturated carbocycles. The minimum atomic E-state index is 0.181. The van der Waals surface area contributed by atoms with E-state index in [1.54, 1.807) is 0 Å². The van der Waals surface area contributed by atoms with Crippen LogP contribution >= 0.6 is 0 Å². The normalized spacial score (nSPS) is 33.5. The number of hydrogen-bond donors (Lipinski definition) is 2. The Kier molecular flexibility index (Phi) is 3.06. The number of rotatable bonds is 2. The summed E-state index contributed by atoms with van der Waals surface area (Å²) in [6, 6.07) is 0.422. The third-order valence-corrected chi connectivity index (χ3v) is 3.35. The van der Waals surface area contributed by atoms with Crippen molar-refractivity contribution in [3.05, 3.63) is 0 Å². The zero-order valence-corrected chi connectivity index (χ0v) is 8.67. The quantitative estimate of drug-likeness (QED) is 0.651. The third kappa shape index (κ3) is 2.47. The second-order valence-electron chi connectivity index (χ2n) is 4.69. The zero-order chi connectivity index (χ0) is 9.97. The van der Waals surface area contributed by atoms with E-state index in [-0.39, 0.29) is 18.0 Å². The molecule has 0 bridgehead atoms. The van der Waals surface area contributed by atoms with Crippen molar-refractivity contribution in [2.45, 2.75) is 57.0 Å². The number of nitrogens with one attached hydrogen (secondary N) is 1. The van der Waals surface area contributed by atoms with Crippen molar-refractivity contribution in [2.24, 2.45) is 11.7 Å². The molecule has 14 heavy (non-hydrogen) atoms. The summed E-state index contributed by atoms with van der Waals surface area (Å²) in [5, 5.41) is 3.11. The fourth-order valence-corrected chi connectivity index (χ4v) is 2.16. The minimum absolute atomic E-state index is 0.181. The fourth-order valence-electron chi connectivity index (χ4n) is 2.16. The Bertz CT molecular complexity index is 213. The van der Waals surface area contributed by atoms with E-state index in [0.717, 1.165) is 25.7 Å². The molecule has 2 aliphatic rings. The Balaban J connectivity index is 1.83. The smallest absolute Gasteiger partial charge is 0.223 e. The molecule has 1 amide bonds. The largest absolute Gasteiger partial charge is 0.352 e. The average molecular weight is 196 g/mol. The van der Waals surface area contributed by atoms with Crippen molar-refractivity contribution in [1.82, 2.24) is 5.32 Å². The van der Waals surface area contributed by atoms with E-state index in [9.17, 15) is 4.79 Å². The van der Waals surface area contributed by atoms with Gasteiger partial charge in [0.05, 0.1) is 0 Å². The van der Waals surface area contributed by atoms with E-state index < -0.39 is 0 Å². The molecule has 2 rings (SSSR count). The third-order valence-electron chi connectivity index (χ3n) is 3.35. The highest BCUT2D eigenvalue weighted by Gasteiger charge is 2.32. The van der Waals surface area contributed by atoms with Crippen molar-refractivity contribution >= 4 is 5.91 Å². The van der Waals surface area contributed by atoms with Crippen molar-refractivity contribution in [2.75, 3.05) is 0 Å². The maximum atomic E-state index is 11.6. The molecule has 3 N–H and O–H groups in total.